The summed E-state index contributed by atoms with van der Waals surface area (Å²) < 4.78 is 15.4. The van der Waals surface area contributed by atoms with Crippen molar-refractivity contribution in [3.8, 4) is 29.1 Å². The van der Waals surface area contributed by atoms with E-state index in [1.807, 2.05) is 6.07 Å². The molecule has 0 saturated carbocycles. The third-order valence-corrected chi connectivity index (χ3v) is 9.57. The Bertz CT molecular complexity index is 3000. The number of aromatic carboxylic acids is 1. The number of nitrogens with zero attached hydrogens (tertiary/aromatic N) is 1. The molecule has 5 amide bonds. The Morgan fingerprint density at radius 1 is 0.738 bits per heavy atom. The summed E-state index contributed by atoms with van der Waals surface area (Å²) in [6.07, 6.45) is 1.23. The third kappa shape index (κ3) is 10.4. The van der Waals surface area contributed by atoms with E-state index in [4.69, 9.17) is 13.9 Å². The topological polar surface area (TPSA) is 312 Å². The molecule has 0 fully saturated rings. The maximum Gasteiger partial charge on any atom is 0.417 e. The van der Waals surface area contributed by atoms with Gasteiger partial charge >= 0.3 is 11.7 Å². The number of phenols is 2. The van der Waals surface area contributed by atoms with Gasteiger partial charge in [-0.25, -0.2) is 9.59 Å². The lowest BCUT2D eigenvalue weighted by molar-refractivity contribution is -0.118. The highest BCUT2D eigenvalue weighted by Crippen LogP contribution is 2.40. The molecule has 1 atom stereocenters. The molecule has 0 spiro atoms. The third-order valence-electron chi connectivity index (χ3n) is 9.57. The predicted octanol–water partition coefficient (Wildman–Crippen LogP) is 5.45. The number of nitriles is 1. The minimum Gasteiger partial charge on any atom is -0.504 e. The molecular weight excluding hydrogens is 847 g/mol. The smallest absolute Gasteiger partial charge is 0.417 e. The number of nitrogens with one attached hydrogen (secondary N) is 6. The maximum absolute atomic E-state index is 13.2. The number of amides is 5. The van der Waals surface area contributed by atoms with Gasteiger partial charge in [-0.2, -0.15) is 5.26 Å². The fourth-order valence-electron chi connectivity index (χ4n) is 6.27. The van der Waals surface area contributed by atoms with Gasteiger partial charge in [-0.15, -0.1) is 0 Å². The van der Waals surface area contributed by atoms with Crippen LogP contribution >= 0.6 is 0 Å². The fourth-order valence-corrected chi connectivity index (χ4v) is 6.27. The van der Waals surface area contributed by atoms with Crippen LogP contribution in [-0.2, 0) is 9.59 Å². The SMILES string of the molecule is COc1c(NC(=O)c2ccc(NC(=O)c3ccc(NC(=O)C(CC#N)NC(=O)c4ccc(NC(=O)C(C)=Cc5ccc6[nH]c(=O)oc6c5)cc4)cc3)c(OC)c2O)ccc(C(=O)O)c1O. The molecule has 65 heavy (non-hydrogen) atoms. The van der Waals surface area contributed by atoms with E-state index in [1.54, 1.807) is 31.2 Å². The summed E-state index contributed by atoms with van der Waals surface area (Å²) >= 11 is 0. The molecule has 0 aliphatic rings. The van der Waals surface area contributed by atoms with Crippen LogP contribution in [0.1, 0.15) is 60.3 Å². The summed E-state index contributed by atoms with van der Waals surface area (Å²) in [5, 5.41) is 52.7. The molecule has 20 nitrogen and oxygen atoms in total. The summed E-state index contributed by atoms with van der Waals surface area (Å²) in [7, 11) is 2.35. The number of oxazole rings is 1. The summed E-state index contributed by atoms with van der Waals surface area (Å²) in [4.78, 5) is 90.8. The number of rotatable bonds is 15. The van der Waals surface area contributed by atoms with Crippen LogP contribution in [0.4, 0.5) is 22.7 Å². The van der Waals surface area contributed by atoms with Gasteiger partial charge < -0.3 is 55.8 Å². The molecule has 1 aromatic heterocycles. The summed E-state index contributed by atoms with van der Waals surface area (Å²) in [5.74, 6) is -7.41. The van der Waals surface area contributed by atoms with Crippen LogP contribution < -0.4 is 41.8 Å². The van der Waals surface area contributed by atoms with E-state index in [2.05, 4.69) is 31.6 Å². The number of hydrogen-bond donors (Lipinski definition) is 9. The molecule has 1 heterocycles. The Hall–Kier alpha value is -9.38. The number of aromatic amines is 1. The van der Waals surface area contributed by atoms with Gasteiger partial charge in [0, 0.05) is 28.1 Å². The minimum atomic E-state index is -1.43. The Labute approximate surface area is 367 Å². The van der Waals surface area contributed by atoms with Crippen molar-refractivity contribution in [2.24, 2.45) is 0 Å². The van der Waals surface area contributed by atoms with Crippen LogP contribution in [-0.4, -0.2) is 76.1 Å². The van der Waals surface area contributed by atoms with Crippen molar-refractivity contribution >= 4 is 75.4 Å². The van der Waals surface area contributed by atoms with E-state index in [1.165, 1.54) is 73.8 Å². The van der Waals surface area contributed by atoms with E-state index < -0.39 is 64.4 Å². The molecule has 1 unspecified atom stereocenters. The molecule has 0 bridgehead atoms. The number of carboxylic acid groups (broad SMARTS) is 1. The van der Waals surface area contributed by atoms with E-state index in [0.717, 1.165) is 13.2 Å². The van der Waals surface area contributed by atoms with Gasteiger partial charge in [0.15, 0.2) is 28.6 Å². The van der Waals surface area contributed by atoms with Crippen molar-refractivity contribution in [1.29, 1.82) is 5.26 Å². The number of aromatic hydroxyl groups is 2. The Morgan fingerprint density at radius 2 is 1.29 bits per heavy atom. The summed E-state index contributed by atoms with van der Waals surface area (Å²) in [6, 6.07) is 21.7. The second-order valence-corrected chi connectivity index (χ2v) is 13.9. The lowest BCUT2D eigenvalue weighted by Gasteiger charge is -2.17. The summed E-state index contributed by atoms with van der Waals surface area (Å²) in [6.45, 7) is 1.60. The minimum absolute atomic E-state index is 0.0246. The number of ether oxygens (including phenoxy) is 2. The van der Waals surface area contributed by atoms with Gasteiger partial charge in [-0.1, -0.05) is 6.07 Å². The zero-order valence-corrected chi connectivity index (χ0v) is 34.4. The van der Waals surface area contributed by atoms with E-state index in [-0.39, 0.29) is 51.7 Å². The van der Waals surface area contributed by atoms with Crippen LogP contribution in [0, 0.1) is 11.3 Å². The molecule has 5 aromatic carbocycles. The zero-order valence-electron chi connectivity index (χ0n) is 34.4. The number of methoxy groups -OCH3 is 2. The van der Waals surface area contributed by atoms with Gasteiger partial charge in [-0.3, -0.25) is 29.0 Å². The van der Waals surface area contributed by atoms with Gasteiger partial charge in [0.05, 0.1) is 49.2 Å². The van der Waals surface area contributed by atoms with Crippen molar-refractivity contribution in [3.63, 3.8) is 0 Å². The molecule has 0 saturated heterocycles. The van der Waals surface area contributed by atoms with E-state index >= 15 is 0 Å². The molecule has 20 heteroatoms. The van der Waals surface area contributed by atoms with Crippen molar-refractivity contribution in [2.45, 2.75) is 19.4 Å². The molecule has 6 rings (SSSR count). The number of hydrogen-bond acceptors (Lipinski definition) is 13. The first-order valence-electron chi connectivity index (χ1n) is 19.1. The molecule has 0 aliphatic heterocycles. The highest BCUT2D eigenvalue weighted by molar-refractivity contribution is 6.11. The number of phenolic OH excluding ortho intramolecular Hbond substituents is 1. The highest BCUT2D eigenvalue weighted by Gasteiger charge is 2.25. The normalized spacial score (nSPS) is 11.4. The van der Waals surface area contributed by atoms with Gasteiger partial charge in [0.2, 0.25) is 5.91 Å². The number of H-pyrrole nitrogens is 1. The molecular formula is C45H37N7O13. The predicted molar refractivity (Wildman–Crippen MR) is 234 cm³/mol. The monoisotopic (exact) mass is 883 g/mol. The number of carboxylic acids is 1. The first-order chi connectivity index (χ1) is 31.1. The van der Waals surface area contributed by atoms with Gasteiger partial charge in [0.1, 0.15) is 11.6 Å². The van der Waals surface area contributed by atoms with Gasteiger partial charge in [-0.05, 0) is 103 Å². The first-order valence-corrected chi connectivity index (χ1v) is 19.1. The molecule has 9 N–H and O–H groups in total. The quantitative estimate of drug-likeness (QED) is 0.0580. The second-order valence-electron chi connectivity index (χ2n) is 13.9. The Kier molecular flexibility index (Phi) is 13.6. The van der Waals surface area contributed by atoms with Crippen LogP contribution in [0.2, 0.25) is 0 Å². The zero-order chi connectivity index (χ0) is 46.9. The average Bonchev–Trinajstić information content (AvgIpc) is 3.65. The maximum atomic E-state index is 13.2. The molecule has 330 valence electrons. The first kappa shape index (κ1) is 45.2. The van der Waals surface area contributed by atoms with Crippen LogP contribution in [0.15, 0.2) is 106 Å². The molecule has 0 aliphatic carbocycles. The largest absolute Gasteiger partial charge is 0.504 e. The fraction of sp³-hybridized carbons (Fsp3) is 0.111. The van der Waals surface area contributed by atoms with Gasteiger partial charge in [0.25, 0.3) is 23.6 Å². The lowest BCUT2D eigenvalue weighted by atomic mass is 10.1. The second kappa shape index (κ2) is 19.6. The Morgan fingerprint density at radius 3 is 1.88 bits per heavy atom. The van der Waals surface area contributed by atoms with E-state index in [0.29, 0.717) is 27.9 Å². The highest BCUT2D eigenvalue weighted by atomic mass is 16.5. The summed E-state index contributed by atoms with van der Waals surface area (Å²) in [5.41, 5.74) is 1.77. The standard InChI is InChI=1S/C45H37N7O13/c1-22(20-23-4-15-30-34(21-23)65-45(62)52-30)39(55)47-26-9-5-25(6-10-26)41(57)51-33(18-19-46)43(59)48-27-11-7-24(8-12-27)40(56)49-31-16-13-28(35(53)37(31)63-2)42(58)50-32-17-14-29(44(60)61)36(54)38(32)64-3/h4-17,20-21,33,53-54H,18H2,1-3H3,(H,47,55)(H,48,59)(H,49,56)(H,50,58)(H,51,57)(H,52,62)(H,60,61). The average molecular weight is 884 g/mol. The van der Waals surface area contributed by atoms with Crippen LogP contribution in [0.25, 0.3) is 17.2 Å². The van der Waals surface area contributed by atoms with E-state index in [9.17, 15) is 54.1 Å². The Balaban J connectivity index is 1.04. The molecule has 0 radical (unpaired) electrons. The van der Waals surface area contributed by atoms with Crippen LogP contribution in [0.5, 0.6) is 23.0 Å². The number of carbonyl (C=O) groups is 6. The van der Waals surface area contributed by atoms with Crippen molar-refractivity contribution in [2.75, 3.05) is 35.5 Å². The number of carbonyl (C=O) groups excluding carboxylic acids is 5. The van der Waals surface area contributed by atoms with Crippen molar-refractivity contribution in [3.05, 3.63) is 135 Å². The van der Waals surface area contributed by atoms with Crippen molar-refractivity contribution in [1.82, 2.24) is 10.3 Å². The lowest BCUT2D eigenvalue weighted by Crippen LogP contribution is -2.43. The number of anilines is 4. The van der Waals surface area contributed by atoms with Crippen LogP contribution in [0.3, 0.4) is 0 Å². The number of benzene rings is 5. The number of fused-ring (bicyclic) bond motifs is 1. The number of aromatic nitrogens is 1. The molecule has 6 aromatic rings. The van der Waals surface area contributed by atoms with Crippen molar-refractivity contribution < 1.29 is 58.0 Å².